The fourth-order valence-corrected chi connectivity index (χ4v) is 4.47. The fourth-order valence-electron chi connectivity index (χ4n) is 2.62. The second-order valence-corrected chi connectivity index (χ2v) is 6.78. The molecule has 0 saturated carbocycles. The van der Waals surface area contributed by atoms with Crippen LogP contribution in [0.25, 0.3) is 0 Å². The molecule has 1 aliphatic carbocycles. The van der Waals surface area contributed by atoms with E-state index in [2.05, 4.69) is 0 Å². The van der Waals surface area contributed by atoms with E-state index >= 15 is 0 Å². The number of sulfonamides is 1. The van der Waals surface area contributed by atoms with Gasteiger partial charge in [0.05, 0.1) is 5.69 Å². The Morgan fingerprint density at radius 3 is 2.75 bits per heavy atom. The number of benzene rings is 1. The van der Waals surface area contributed by atoms with Gasteiger partial charge in [0.25, 0.3) is 0 Å². The molecule has 1 heterocycles. The molecule has 0 aromatic heterocycles. The topological polar surface area (TPSA) is 37.4 Å². The second kappa shape index (κ2) is 4.70. The Morgan fingerprint density at radius 2 is 2.00 bits per heavy atom. The Morgan fingerprint density at radius 1 is 1.25 bits per heavy atom. The molecule has 3 nitrogen and oxygen atoms in total. The maximum Gasteiger partial charge on any atom is 0.247 e. The number of halogens is 2. The number of para-hydroxylation sites is 1. The van der Waals surface area contributed by atoms with Gasteiger partial charge in [-0.2, -0.15) is 0 Å². The Labute approximate surface area is 116 Å². The molecular formula is C14H13F2NO2S. The van der Waals surface area contributed by atoms with Gasteiger partial charge >= 0.3 is 0 Å². The third-order valence-electron chi connectivity index (χ3n) is 3.58. The molecule has 0 spiro atoms. The van der Waals surface area contributed by atoms with Crippen LogP contribution in [0.2, 0.25) is 0 Å². The molecule has 0 saturated heterocycles. The zero-order chi connectivity index (χ0) is 14.3. The summed E-state index contributed by atoms with van der Waals surface area (Å²) in [6.45, 7) is 0.224. The lowest BCUT2D eigenvalue weighted by atomic mass is 10.1. The second-order valence-electron chi connectivity index (χ2n) is 4.80. The van der Waals surface area contributed by atoms with Crippen LogP contribution in [0, 0.1) is 0 Å². The van der Waals surface area contributed by atoms with Crippen LogP contribution in [0.5, 0.6) is 0 Å². The molecule has 106 valence electrons. The highest BCUT2D eigenvalue weighted by Gasteiger charge is 2.43. The van der Waals surface area contributed by atoms with Gasteiger partial charge in [0.1, 0.15) is 12.0 Å². The minimum Gasteiger partial charge on any atom is -0.269 e. The van der Waals surface area contributed by atoms with Gasteiger partial charge in [-0.15, -0.1) is 0 Å². The zero-order valence-corrected chi connectivity index (χ0v) is 11.4. The summed E-state index contributed by atoms with van der Waals surface area (Å²) in [5.41, 5.74) is 1.39. The summed E-state index contributed by atoms with van der Waals surface area (Å²) in [5, 5.41) is -1.78. The van der Waals surface area contributed by atoms with Gasteiger partial charge < -0.3 is 0 Å². The van der Waals surface area contributed by atoms with Crippen LogP contribution >= 0.6 is 0 Å². The van der Waals surface area contributed by atoms with Crippen LogP contribution in [-0.4, -0.2) is 26.4 Å². The van der Waals surface area contributed by atoms with Crippen molar-refractivity contribution >= 4 is 15.7 Å². The molecule has 2 unspecified atom stereocenters. The van der Waals surface area contributed by atoms with Crippen molar-refractivity contribution in [3.63, 3.8) is 0 Å². The highest BCUT2D eigenvalue weighted by atomic mass is 32.2. The summed E-state index contributed by atoms with van der Waals surface area (Å²) >= 11 is 0. The Balaban J connectivity index is 2.02. The van der Waals surface area contributed by atoms with Gasteiger partial charge in [-0.1, -0.05) is 24.3 Å². The van der Waals surface area contributed by atoms with Gasteiger partial charge in [-0.05, 0) is 30.2 Å². The summed E-state index contributed by atoms with van der Waals surface area (Å²) in [6.07, 6.45) is 1.95. The van der Waals surface area contributed by atoms with E-state index < -0.39 is 27.3 Å². The molecule has 0 N–H and O–H groups in total. The molecule has 3 rings (SSSR count). The molecule has 0 bridgehead atoms. The predicted molar refractivity (Wildman–Crippen MR) is 73.4 cm³/mol. The molecule has 1 aliphatic heterocycles. The van der Waals surface area contributed by atoms with E-state index in [1.54, 1.807) is 12.1 Å². The van der Waals surface area contributed by atoms with Crippen molar-refractivity contribution in [2.45, 2.75) is 17.8 Å². The Kier molecular flexibility index (Phi) is 3.12. The lowest BCUT2D eigenvalue weighted by molar-refractivity contribution is 0.367. The fraction of sp³-hybridized carbons (Fsp3) is 0.286. The lowest BCUT2D eigenvalue weighted by Crippen LogP contribution is -2.43. The average Bonchev–Trinajstić information content (AvgIpc) is 2.82. The van der Waals surface area contributed by atoms with Gasteiger partial charge in [0, 0.05) is 6.54 Å². The maximum atomic E-state index is 13.9. The van der Waals surface area contributed by atoms with Crippen LogP contribution < -0.4 is 4.31 Å². The number of rotatable bonds is 2. The van der Waals surface area contributed by atoms with E-state index in [9.17, 15) is 17.2 Å². The lowest BCUT2D eigenvalue weighted by Gasteiger charge is -2.27. The van der Waals surface area contributed by atoms with Gasteiger partial charge in [-0.25, -0.2) is 17.2 Å². The van der Waals surface area contributed by atoms with Crippen LogP contribution in [-0.2, 0) is 16.4 Å². The Bertz CT molecular complexity index is 697. The number of nitrogens with zero attached hydrogens (tertiary/aromatic N) is 1. The average molecular weight is 297 g/mol. The molecule has 1 aromatic rings. The van der Waals surface area contributed by atoms with Crippen LogP contribution in [0.4, 0.5) is 14.5 Å². The van der Waals surface area contributed by atoms with Crippen molar-refractivity contribution in [2.24, 2.45) is 0 Å². The molecule has 0 amide bonds. The van der Waals surface area contributed by atoms with Crippen molar-refractivity contribution in [1.82, 2.24) is 0 Å². The van der Waals surface area contributed by atoms with Crippen LogP contribution in [0.3, 0.4) is 0 Å². The van der Waals surface area contributed by atoms with Gasteiger partial charge in [-0.3, -0.25) is 4.31 Å². The van der Waals surface area contributed by atoms with E-state index in [-0.39, 0.29) is 6.54 Å². The van der Waals surface area contributed by atoms with Gasteiger partial charge in [0.15, 0.2) is 5.25 Å². The first kappa shape index (κ1) is 13.3. The van der Waals surface area contributed by atoms with E-state index in [0.717, 1.165) is 22.0 Å². The van der Waals surface area contributed by atoms with Crippen molar-refractivity contribution in [2.75, 3.05) is 10.8 Å². The molecule has 2 aliphatic rings. The molecule has 1 aromatic carbocycles. The number of hydrogen-bond acceptors (Lipinski definition) is 2. The molecule has 0 fully saturated rings. The zero-order valence-electron chi connectivity index (χ0n) is 10.5. The van der Waals surface area contributed by atoms with Crippen molar-refractivity contribution in [3.05, 3.63) is 53.9 Å². The van der Waals surface area contributed by atoms with Crippen molar-refractivity contribution in [1.29, 1.82) is 0 Å². The first-order valence-electron chi connectivity index (χ1n) is 6.29. The highest BCUT2D eigenvalue weighted by Crippen LogP contribution is 2.35. The molecule has 6 heteroatoms. The van der Waals surface area contributed by atoms with Crippen molar-refractivity contribution in [3.8, 4) is 0 Å². The summed E-state index contributed by atoms with van der Waals surface area (Å²) in [6, 6.07) is 7.02. The first-order valence-corrected chi connectivity index (χ1v) is 7.79. The summed E-state index contributed by atoms with van der Waals surface area (Å²) in [4.78, 5) is 0. The number of allylic oxidation sites excluding steroid dienone is 3. The summed E-state index contributed by atoms with van der Waals surface area (Å²) in [7, 11) is -4.11. The summed E-state index contributed by atoms with van der Waals surface area (Å²) < 4.78 is 53.8. The third-order valence-corrected chi connectivity index (χ3v) is 5.70. The molecular weight excluding hydrogens is 284 g/mol. The van der Waals surface area contributed by atoms with E-state index in [0.29, 0.717) is 12.1 Å². The minimum atomic E-state index is -4.11. The van der Waals surface area contributed by atoms with E-state index in [1.807, 2.05) is 12.1 Å². The standard InChI is InChI=1S/C14H13F2NO2S/c15-11-5-3-6-12(16)14(11)20(18,19)17-9-8-10-4-1-2-7-13(10)17/h1-7,11,14H,8-9H2. The SMILES string of the molecule is O=S(=O)(C1C(F)=CC=CC1F)N1CCc2ccccc21. The smallest absolute Gasteiger partial charge is 0.247 e. The normalized spacial score (nSPS) is 25.5. The van der Waals surface area contributed by atoms with E-state index in [1.165, 1.54) is 6.08 Å². The van der Waals surface area contributed by atoms with Gasteiger partial charge in [0.2, 0.25) is 10.0 Å². The third kappa shape index (κ3) is 1.95. The summed E-state index contributed by atoms with van der Waals surface area (Å²) in [5.74, 6) is -0.954. The number of anilines is 1. The number of fused-ring (bicyclic) bond motifs is 1. The van der Waals surface area contributed by atoms with E-state index in [4.69, 9.17) is 0 Å². The number of hydrogen-bond donors (Lipinski definition) is 0. The molecule has 2 atom stereocenters. The maximum absolute atomic E-state index is 13.9. The number of alkyl halides is 1. The Hall–Kier alpha value is -1.69. The quantitative estimate of drug-likeness (QED) is 0.841. The van der Waals surface area contributed by atoms with Crippen LogP contribution in [0.15, 0.2) is 48.3 Å². The molecule has 20 heavy (non-hydrogen) atoms. The molecule has 0 radical (unpaired) electrons. The monoisotopic (exact) mass is 297 g/mol. The predicted octanol–water partition coefficient (Wildman–Crippen LogP) is 2.51. The highest BCUT2D eigenvalue weighted by molar-refractivity contribution is 7.93. The van der Waals surface area contributed by atoms with Crippen LogP contribution in [0.1, 0.15) is 5.56 Å². The first-order chi connectivity index (χ1) is 9.51. The largest absolute Gasteiger partial charge is 0.269 e. The van der Waals surface area contributed by atoms with Crippen molar-refractivity contribution < 1.29 is 17.2 Å². The minimum absolute atomic E-state index is 0.224.